The van der Waals surface area contributed by atoms with E-state index in [4.69, 9.17) is 18.9 Å². The topological polar surface area (TPSA) is 155 Å². The van der Waals surface area contributed by atoms with Crippen LogP contribution in [0.2, 0.25) is 0 Å². The number of rotatable bonds is 5. The number of fused-ring (bicyclic) bond motifs is 1. The van der Waals surface area contributed by atoms with Gasteiger partial charge in [-0.25, -0.2) is 4.79 Å². The van der Waals surface area contributed by atoms with Crippen LogP contribution in [0.25, 0.3) is 10.8 Å². The summed E-state index contributed by atoms with van der Waals surface area (Å²) < 4.78 is 67.9. The van der Waals surface area contributed by atoms with E-state index >= 15 is 0 Å². The Balaban J connectivity index is 0.00000288. The van der Waals surface area contributed by atoms with Crippen LogP contribution in [0.1, 0.15) is 1.43 Å². The molecule has 2 aromatic rings. The molecule has 0 radical (unpaired) electrons. The summed E-state index contributed by atoms with van der Waals surface area (Å²) in [6, 6.07) is 5.09. The van der Waals surface area contributed by atoms with E-state index < -0.39 is 42.6 Å². The van der Waals surface area contributed by atoms with Gasteiger partial charge < -0.3 is 11.3 Å². The van der Waals surface area contributed by atoms with Gasteiger partial charge in [0.05, 0.1) is 9.79 Å². The molecule has 24 heavy (non-hydrogen) atoms. The maximum atomic E-state index is 11.3. The molecule has 126 valence electrons. The van der Waals surface area contributed by atoms with Gasteiger partial charge in [0.2, 0.25) is 0 Å². The molecule has 0 saturated carbocycles. The van der Waals surface area contributed by atoms with E-state index in [1.54, 1.807) is 0 Å². The Kier molecular flexibility index (Phi) is 6.38. The van der Waals surface area contributed by atoms with E-state index in [0.29, 0.717) is 0 Å². The van der Waals surface area contributed by atoms with Crippen molar-refractivity contribution in [2.24, 2.45) is 0 Å². The maximum Gasteiger partial charge on any atom is 1.00 e. The normalized spacial score (nSPS) is 11.8. The number of carboxylic acid groups (broad SMARTS) is 1. The van der Waals surface area contributed by atoms with Crippen molar-refractivity contribution in [2.75, 3.05) is 6.61 Å². The average Bonchev–Trinajstić information content (AvgIpc) is 2.41. The Labute approximate surface area is 160 Å². The third kappa shape index (κ3) is 4.89. The van der Waals surface area contributed by atoms with Gasteiger partial charge in [0, 0.05) is 11.5 Å². The van der Waals surface area contributed by atoms with Crippen molar-refractivity contribution >= 4 is 37.0 Å². The molecule has 0 bridgehead atoms. The summed E-state index contributed by atoms with van der Waals surface area (Å²) in [5, 5.41) is 8.83. The molecule has 3 N–H and O–H groups in total. The monoisotopic (exact) mass is 386 g/mol. The molecule has 0 aliphatic rings. The van der Waals surface area contributed by atoms with E-state index in [2.05, 4.69) is 0 Å². The zero-order valence-corrected chi connectivity index (χ0v) is 15.8. The van der Waals surface area contributed by atoms with Gasteiger partial charge in [0.15, 0.2) is 6.61 Å². The summed E-state index contributed by atoms with van der Waals surface area (Å²) in [4.78, 5) is 9.46. The molecule has 0 amide bonds. The molecule has 0 aliphatic heterocycles. The first kappa shape index (κ1) is 20.8. The Morgan fingerprint density at radius 2 is 1.54 bits per heavy atom. The van der Waals surface area contributed by atoms with E-state index in [1.165, 1.54) is 6.07 Å². The van der Waals surface area contributed by atoms with Crippen LogP contribution >= 0.6 is 0 Å². The molecule has 2 aromatic carbocycles. The van der Waals surface area contributed by atoms with Crippen molar-refractivity contribution in [3.63, 3.8) is 0 Å². The van der Waals surface area contributed by atoms with Crippen LogP contribution in [-0.4, -0.2) is 43.6 Å². The minimum Gasteiger partial charge on any atom is -1.00 e. The summed E-state index contributed by atoms with van der Waals surface area (Å²) in [6.45, 7) is -0.774. The summed E-state index contributed by atoms with van der Waals surface area (Å²) in [6.07, 6.45) is 0. The van der Waals surface area contributed by atoms with Crippen LogP contribution in [0.3, 0.4) is 0 Å². The Hall–Kier alpha value is -1.21. The van der Waals surface area contributed by atoms with Crippen LogP contribution in [0, 0.1) is 0 Å². The van der Waals surface area contributed by atoms with Crippen molar-refractivity contribution in [3.8, 4) is 5.75 Å². The van der Waals surface area contributed by atoms with Gasteiger partial charge in [0.1, 0.15) is 5.75 Å². The molecule has 0 aromatic heterocycles. The smallest absolute Gasteiger partial charge is 1.00 e. The molecule has 2 rings (SSSR count). The minimum absolute atomic E-state index is 0. The minimum atomic E-state index is -4.64. The third-order valence-electron chi connectivity index (χ3n) is 2.81. The van der Waals surface area contributed by atoms with Gasteiger partial charge in [-0.1, -0.05) is 0 Å². The molecule has 0 heterocycles. The second kappa shape index (κ2) is 7.35. The van der Waals surface area contributed by atoms with E-state index in [1.807, 2.05) is 0 Å². The molecule has 0 saturated heterocycles. The SMILES string of the molecule is O=C(O)COc1cc(S(=O)(=O)O)cc2cc(S(=O)(=O)O)ccc12.[H-].[Na+]. The van der Waals surface area contributed by atoms with Gasteiger partial charge in [-0.3, -0.25) is 9.11 Å². The van der Waals surface area contributed by atoms with E-state index in [-0.39, 0.29) is 47.5 Å². The van der Waals surface area contributed by atoms with Crippen molar-refractivity contribution in [1.29, 1.82) is 0 Å². The average molecular weight is 386 g/mol. The van der Waals surface area contributed by atoms with E-state index in [0.717, 1.165) is 24.3 Å². The van der Waals surface area contributed by atoms with Crippen LogP contribution < -0.4 is 34.3 Å². The van der Waals surface area contributed by atoms with Crippen LogP contribution in [-0.2, 0) is 25.0 Å². The second-order valence-corrected chi connectivity index (χ2v) is 7.28. The molecule has 0 unspecified atom stereocenters. The number of hydrogen-bond donors (Lipinski definition) is 3. The van der Waals surface area contributed by atoms with Gasteiger partial charge in [-0.2, -0.15) is 16.8 Å². The van der Waals surface area contributed by atoms with Gasteiger partial charge in [-0.05, 0) is 29.7 Å². The van der Waals surface area contributed by atoms with Crippen molar-refractivity contribution in [3.05, 3.63) is 30.3 Å². The fourth-order valence-corrected chi connectivity index (χ4v) is 2.90. The second-order valence-electron chi connectivity index (χ2n) is 4.44. The van der Waals surface area contributed by atoms with Gasteiger partial charge in [-0.15, -0.1) is 0 Å². The number of ether oxygens (including phenoxy) is 1. The maximum absolute atomic E-state index is 11.3. The van der Waals surface area contributed by atoms with Crippen LogP contribution in [0.15, 0.2) is 40.1 Å². The van der Waals surface area contributed by atoms with Gasteiger partial charge in [0.25, 0.3) is 20.2 Å². The zero-order valence-electron chi connectivity index (χ0n) is 13.2. The van der Waals surface area contributed by atoms with Crippen molar-refractivity contribution < 1.29 is 71.6 Å². The van der Waals surface area contributed by atoms with Crippen LogP contribution in [0.5, 0.6) is 5.75 Å². The molecule has 0 spiro atoms. The molecular formula is C12H11NaO9S2. The summed E-state index contributed by atoms with van der Waals surface area (Å²) in [5.41, 5.74) is 0. The molecule has 0 aliphatic carbocycles. The number of hydrogen-bond acceptors (Lipinski definition) is 6. The fraction of sp³-hybridized carbons (Fsp3) is 0.0833. The van der Waals surface area contributed by atoms with Crippen molar-refractivity contribution in [2.45, 2.75) is 9.79 Å². The quantitative estimate of drug-likeness (QED) is 0.387. The Morgan fingerprint density at radius 3 is 2.04 bits per heavy atom. The van der Waals surface area contributed by atoms with E-state index in [9.17, 15) is 21.6 Å². The zero-order chi connectivity index (χ0) is 17.4. The Bertz CT molecular complexity index is 997. The van der Waals surface area contributed by atoms with Gasteiger partial charge >= 0.3 is 35.5 Å². The molecule has 0 fully saturated rings. The molecule has 12 heteroatoms. The first-order valence-corrected chi connectivity index (χ1v) is 8.74. The largest absolute Gasteiger partial charge is 1.00 e. The standard InChI is InChI=1S/C12H10O9S2.Na.H/c13-12(14)6-21-11-5-9(23(18,19)20)4-7-3-8(22(15,16)17)1-2-10(7)11;;/h1-5H,6H2,(H,13,14)(H,15,16,17)(H,18,19,20);;/q;+1;-1. The molecular weight excluding hydrogens is 375 g/mol. The number of carboxylic acids is 1. The molecule has 9 nitrogen and oxygen atoms in total. The Morgan fingerprint density at radius 1 is 1.00 bits per heavy atom. The van der Waals surface area contributed by atoms with Crippen LogP contribution in [0.4, 0.5) is 0 Å². The first-order chi connectivity index (χ1) is 10.5. The summed E-state index contributed by atoms with van der Waals surface area (Å²) in [5.74, 6) is -1.50. The number of aliphatic carboxylic acids is 1. The first-order valence-electron chi connectivity index (χ1n) is 5.86. The number of benzene rings is 2. The van der Waals surface area contributed by atoms with Crippen molar-refractivity contribution in [1.82, 2.24) is 0 Å². The fourth-order valence-electron chi connectivity index (χ4n) is 1.85. The molecule has 0 atom stereocenters. The number of carbonyl (C=O) groups is 1. The predicted molar refractivity (Wildman–Crippen MR) is 77.8 cm³/mol. The third-order valence-corrected chi connectivity index (χ3v) is 4.49. The predicted octanol–water partition coefficient (Wildman–Crippen LogP) is -2.09. The summed E-state index contributed by atoms with van der Waals surface area (Å²) in [7, 11) is -9.17. The summed E-state index contributed by atoms with van der Waals surface area (Å²) >= 11 is 0.